The van der Waals surface area contributed by atoms with Gasteiger partial charge >= 0.3 is 6.18 Å². The summed E-state index contributed by atoms with van der Waals surface area (Å²) in [7, 11) is 1.49. The first-order valence-electron chi connectivity index (χ1n) is 13.3. The minimum absolute atomic E-state index is 0.0379. The first kappa shape index (κ1) is 29.0. The monoisotopic (exact) mass is 578 g/mol. The molecule has 42 heavy (non-hydrogen) atoms. The van der Waals surface area contributed by atoms with Gasteiger partial charge in [-0.2, -0.15) is 23.5 Å². The van der Waals surface area contributed by atoms with Crippen LogP contribution in [0.4, 0.5) is 13.2 Å². The van der Waals surface area contributed by atoms with Gasteiger partial charge in [0.05, 0.1) is 43.3 Å². The SMILES string of the molecule is COc1ccc(-c2nc3c(C(=O)N4CCN([C@@H](CO)c5ccccc5C#N)C[C@H]4C)cnn3c(C(F)(F)F)c2C)cc1. The number of nitriles is 1. The molecule has 1 amide bonds. The zero-order chi connectivity index (χ0) is 30.2. The minimum Gasteiger partial charge on any atom is -0.497 e. The van der Waals surface area contributed by atoms with Crippen LogP contribution in [0.1, 0.15) is 45.7 Å². The van der Waals surface area contributed by atoms with Crippen LogP contribution in [0.5, 0.6) is 5.75 Å². The molecule has 218 valence electrons. The van der Waals surface area contributed by atoms with Crippen molar-refractivity contribution in [1.29, 1.82) is 5.26 Å². The molecule has 1 saturated heterocycles. The van der Waals surface area contributed by atoms with E-state index in [2.05, 4.69) is 16.2 Å². The number of hydrogen-bond acceptors (Lipinski definition) is 7. The second-order valence-corrected chi connectivity index (χ2v) is 10.2. The van der Waals surface area contributed by atoms with Crippen molar-refractivity contribution in [3.8, 4) is 23.1 Å². The number of carbonyl (C=O) groups is 1. The Bertz CT molecular complexity index is 1660. The fraction of sp³-hybridized carbons (Fsp3) is 0.333. The molecule has 1 fully saturated rings. The van der Waals surface area contributed by atoms with Crippen LogP contribution in [0.3, 0.4) is 0 Å². The third-order valence-electron chi connectivity index (χ3n) is 7.72. The number of nitrogens with zero attached hydrogens (tertiary/aromatic N) is 6. The highest BCUT2D eigenvalue weighted by Gasteiger charge is 2.40. The Morgan fingerprint density at radius 3 is 2.52 bits per heavy atom. The Morgan fingerprint density at radius 1 is 1.19 bits per heavy atom. The van der Waals surface area contributed by atoms with Crippen LogP contribution in [0.2, 0.25) is 0 Å². The van der Waals surface area contributed by atoms with E-state index in [0.29, 0.717) is 40.0 Å². The quantitative estimate of drug-likeness (QED) is 0.360. The summed E-state index contributed by atoms with van der Waals surface area (Å²) in [6.45, 7) is 3.98. The predicted octanol–water partition coefficient (Wildman–Crippen LogP) is 4.48. The Hall–Kier alpha value is -4.47. The van der Waals surface area contributed by atoms with Crippen LogP contribution in [-0.4, -0.2) is 74.8 Å². The molecule has 4 aromatic rings. The summed E-state index contributed by atoms with van der Waals surface area (Å²) in [5, 5.41) is 23.7. The summed E-state index contributed by atoms with van der Waals surface area (Å²) in [5.41, 5.74) is 0.348. The number of ether oxygens (including phenoxy) is 1. The number of hydrogen-bond donors (Lipinski definition) is 1. The molecular weight excluding hydrogens is 549 g/mol. The van der Waals surface area contributed by atoms with Gasteiger partial charge in [-0.15, -0.1) is 0 Å². The molecule has 2 atom stereocenters. The number of amides is 1. The van der Waals surface area contributed by atoms with E-state index < -0.39 is 23.8 Å². The number of methoxy groups -OCH3 is 1. The third kappa shape index (κ3) is 5.17. The smallest absolute Gasteiger partial charge is 0.433 e. The minimum atomic E-state index is -4.75. The number of benzene rings is 2. The molecular formula is C30H29F3N6O3. The number of alkyl halides is 3. The van der Waals surface area contributed by atoms with Crippen molar-refractivity contribution < 1.29 is 27.8 Å². The molecule has 5 rings (SSSR count). The summed E-state index contributed by atoms with van der Waals surface area (Å²) >= 11 is 0. The topological polar surface area (TPSA) is 107 Å². The zero-order valence-electron chi connectivity index (χ0n) is 23.3. The van der Waals surface area contributed by atoms with Crippen LogP contribution < -0.4 is 4.74 Å². The van der Waals surface area contributed by atoms with Crippen LogP contribution >= 0.6 is 0 Å². The van der Waals surface area contributed by atoms with Crippen LogP contribution in [-0.2, 0) is 6.18 Å². The Labute approximate surface area is 240 Å². The lowest BCUT2D eigenvalue weighted by Crippen LogP contribution is -2.55. The molecule has 3 heterocycles. The van der Waals surface area contributed by atoms with Crippen LogP contribution in [0.25, 0.3) is 16.9 Å². The van der Waals surface area contributed by atoms with Gasteiger partial charge in [0.15, 0.2) is 11.3 Å². The molecule has 1 aliphatic heterocycles. The molecule has 0 bridgehead atoms. The van der Waals surface area contributed by atoms with Crippen LogP contribution in [0.15, 0.2) is 54.7 Å². The molecule has 9 nitrogen and oxygen atoms in total. The number of rotatable bonds is 6. The van der Waals surface area contributed by atoms with Gasteiger partial charge in [-0.1, -0.05) is 18.2 Å². The zero-order valence-corrected chi connectivity index (χ0v) is 23.3. The van der Waals surface area contributed by atoms with Gasteiger partial charge in [-0.3, -0.25) is 9.69 Å². The number of halogens is 3. The summed E-state index contributed by atoms with van der Waals surface area (Å²) in [4.78, 5) is 21.9. The van der Waals surface area contributed by atoms with E-state index in [9.17, 15) is 28.3 Å². The molecule has 1 aliphatic rings. The van der Waals surface area contributed by atoms with Crippen LogP contribution in [0, 0.1) is 18.3 Å². The van der Waals surface area contributed by atoms with E-state index in [4.69, 9.17) is 4.74 Å². The van der Waals surface area contributed by atoms with Crippen molar-refractivity contribution in [3.63, 3.8) is 0 Å². The lowest BCUT2D eigenvalue weighted by Gasteiger charge is -2.43. The second kappa shape index (κ2) is 11.4. The van der Waals surface area contributed by atoms with Gasteiger partial charge in [-0.05, 0) is 49.7 Å². The first-order valence-corrected chi connectivity index (χ1v) is 13.3. The highest BCUT2D eigenvalue weighted by molar-refractivity contribution is 6.00. The van der Waals surface area contributed by atoms with E-state index in [1.165, 1.54) is 14.0 Å². The molecule has 2 aromatic heterocycles. The molecule has 0 aliphatic carbocycles. The highest BCUT2D eigenvalue weighted by atomic mass is 19.4. The standard InChI is InChI=1S/C30H29F3N6O3/c1-18-16-37(25(17-40)23-7-5-4-6-21(23)14-34)12-13-38(18)29(41)24-15-35-39-27(30(31,32)33)19(2)26(36-28(24)39)20-8-10-22(42-3)11-9-20/h4-11,15,18,25,40H,12-13,16-17H2,1-3H3/t18-,25+/m1/s1. The van der Waals surface area contributed by atoms with E-state index in [1.807, 2.05) is 11.8 Å². The maximum absolute atomic E-state index is 14.3. The van der Waals surface area contributed by atoms with E-state index in [1.54, 1.807) is 53.4 Å². The molecule has 0 radical (unpaired) electrons. The van der Waals surface area contributed by atoms with Gasteiger partial charge < -0.3 is 14.7 Å². The first-order chi connectivity index (χ1) is 20.1. The van der Waals surface area contributed by atoms with E-state index >= 15 is 0 Å². The molecule has 12 heteroatoms. The molecule has 0 spiro atoms. The lowest BCUT2D eigenvalue weighted by atomic mass is 9.98. The van der Waals surface area contributed by atoms with Gasteiger partial charge in [-0.25, -0.2) is 9.50 Å². The number of carbonyl (C=O) groups excluding carboxylic acids is 1. The Balaban J connectivity index is 1.49. The third-order valence-corrected chi connectivity index (χ3v) is 7.72. The number of aliphatic hydroxyl groups is 1. The highest BCUT2D eigenvalue weighted by Crippen LogP contribution is 2.37. The normalized spacial score (nSPS) is 16.8. The van der Waals surface area contributed by atoms with Crippen molar-refractivity contribution >= 4 is 11.6 Å². The number of aliphatic hydroxyl groups excluding tert-OH is 1. The molecule has 0 unspecified atom stereocenters. The number of fused-ring (bicyclic) bond motifs is 1. The summed E-state index contributed by atoms with van der Waals surface area (Å²) in [6, 6.07) is 14.9. The van der Waals surface area contributed by atoms with Crippen molar-refractivity contribution in [2.75, 3.05) is 33.4 Å². The molecule has 2 aromatic carbocycles. The Kier molecular flexibility index (Phi) is 7.90. The maximum atomic E-state index is 14.3. The van der Waals surface area contributed by atoms with Gasteiger partial charge in [0.1, 0.15) is 11.3 Å². The summed E-state index contributed by atoms with van der Waals surface area (Å²) in [5.74, 6) is 0.0571. The van der Waals surface area contributed by atoms with Gasteiger partial charge in [0, 0.05) is 36.8 Å². The lowest BCUT2D eigenvalue weighted by molar-refractivity contribution is -0.143. The number of aromatic nitrogens is 3. The Morgan fingerprint density at radius 2 is 1.90 bits per heavy atom. The second-order valence-electron chi connectivity index (χ2n) is 10.2. The van der Waals surface area contributed by atoms with Crippen molar-refractivity contribution in [1.82, 2.24) is 24.4 Å². The summed E-state index contributed by atoms with van der Waals surface area (Å²) in [6.07, 6.45) is -3.62. The predicted molar refractivity (Wildman–Crippen MR) is 148 cm³/mol. The summed E-state index contributed by atoms with van der Waals surface area (Å²) < 4.78 is 48.8. The van der Waals surface area contributed by atoms with E-state index in [-0.39, 0.29) is 41.7 Å². The average Bonchev–Trinajstić information content (AvgIpc) is 3.39. The van der Waals surface area contributed by atoms with Crippen molar-refractivity contribution in [3.05, 3.63) is 82.7 Å². The van der Waals surface area contributed by atoms with Crippen molar-refractivity contribution in [2.24, 2.45) is 0 Å². The largest absolute Gasteiger partial charge is 0.497 e. The number of piperazine rings is 1. The maximum Gasteiger partial charge on any atom is 0.433 e. The fourth-order valence-corrected chi connectivity index (χ4v) is 5.61. The van der Waals surface area contributed by atoms with Gasteiger partial charge in [0.2, 0.25) is 0 Å². The van der Waals surface area contributed by atoms with Crippen molar-refractivity contribution in [2.45, 2.75) is 32.1 Å². The fourth-order valence-electron chi connectivity index (χ4n) is 5.61. The molecule has 1 N–H and O–H groups in total. The average molecular weight is 579 g/mol. The molecule has 0 saturated carbocycles. The van der Waals surface area contributed by atoms with Gasteiger partial charge in [0.25, 0.3) is 5.91 Å². The van der Waals surface area contributed by atoms with E-state index in [0.717, 1.165) is 6.20 Å².